The van der Waals surface area contributed by atoms with Gasteiger partial charge in [-0.3, -0.25) is 4.79 Å². The maximum absolute atomic E-state index is 13.7. The molecule has 0 atom stereocenters. The molecular weight excluding hydrogens is 205 g/mol. The average Bonchev–Trinajstić information content (AvgIpc) is 2.29. The standard InChI is InChI=1S/C13H8FNO/c14-10-6-3-7-11-12(10)8-4-1-2-5-9(8)13(16)15-11/h1-7H,(H,15,16). The molecule has 3 rings (SSSR count). The third kappa shape index (κ3) is 1.15. The number of aromatic amines is 1. The summed E-state index contributed by atoms with van der Waals surface area (Å²) < 4.78 is 13.7. The van der Waals surface area contributed by atoms with Crippen molar-refractivity contribution < 1.29 is 4.39 Å². The first-order chi connectivity index (χ1) is 7.77. The van der Waals surface area contributed by atoms with E-state index >= 15 is 0 Å². The molecule has 78 valence electrons. The zero-order valence-corrected chi connectivity index (χ0v) is 8.33. The summed E-state index contributed by atoms with van der Waals surface area (Å²) in [5, 5.41) is 1.64. The van der Waals surface area contributed by atoms with Crippen molar-refractivity contribution in [2.45, 2.75) is 0 Å². The fourth-order valence-corrected chi connectivity index (χ4v) is 1.99. The van der Waals surface area contributed by atoms with Crippen molar-refractivity contribution in [3.8, 4) is 0 Å². The molecule has 0 aliphatic heterocycles. The van der Waals surface area contributed by atoms with Crippen molar-refractivity contribution in [1.29, 1.82) is 0 Å². The molecular formula is C13H8FNO. The van der Waals surface area contributed by atoms with Crippen LogP contribution in [0.15, 0.2) is 47.3 Å². The molecule has 2 nitrogen and oxygen atoms in total. The molecule has 1 aromatic heterocycles. The van der Waals surface area contributed by atoms with Gasteiger partial charge in [-0.05, 0) is 23.6 Å². The summed E-state index contributed by atoms with van der Waals surface area (Å²) in [5.74, 6) is -0.315. The second-order valence-corrected chi connectivity index (χ2v) is 3.66. The second-order valence-electron chi connectivity index (χ2n) is 3.66. The highest BCUT2D eigenvalue weighted by atomic mass is 19.1. The Labute approximate surface area is 90.3 Å². The first kappa shape index (κ1) is 9.09. The third-order valence-corrected chi connectivity index (χ3v) is 2.70. The molecule has 0 aliphatic carbocycles. The average molecular weight is 213 g/mol. The van der Waals surface area contributed by atoms with E-state index in [-0.39, 0.29) is 11.4 Å². The number of halogens is 1. The van der Waals surface area contributed by atoms with E-state index in [2.05, 4.69) is 4.98 Å². The Morgan fingerprint density at radius 1 is 0.938 bits per heavy atom. The number of rotatable bonds is 0. The van der Waals surface area contributed by atoms with Crippen LogP contribution in [0, 0.1) is 5.82 Å². The minimum absolute atomic E-state index is 0.186. The van der Waals surface area contributed by atoms with Crippen molar-refractivity contribution in [2.24, 2.45) is 0 Å². The van der Waals surface area contributed by atoms with Gasteiger partial charge in [-0.1, -0.05) is 24.3 Å². The summed E-state index contributed by atoms with van der Waals surface area (Å²) in [6.07, 6.45) is 0. The van der Waals surface area contributed by atoms with Crippen LogP contribution < -0.4 is 5.56 Å². The summed E-state index contributed by atoms with van der Waals surface area (Å²) in [5.41, 5.74) is 0.345. The fourth-order valence-electron chi connectivity index (χ4n) is 1.99. The van der Waals surface area contributed by atoms with Gasteiger partial charge < -0.3 is 4.98 Å². The van der Waals surface area contributed by atoms with E-state index < -0.39 is 0 Å². The number of pyridine rings is 1. The highest BCUT2D eigenvalue weighted by Crippen LogP contribution is 2.23. The zero-order valence-electron chi connectivity index (χ0n) is 8.33. The summed E-state index contributed by atoms with van der Waals surface area (Å²) in [4.78, 5) is 14.4. The van der Waals surface area contributed by atoms with E-state index in [9.17, 15) is 9.18 Å². The lowest BCUT2D eigenvalue weighted by atomic mass is 10.1. The molecule has 0 bridgehead atoms. The van der Waals surface area contributed by atoms with Gasteiger partial charge in [0.2, 0.25) is 0 Å². The number of fused-ring (bicyclic) bond motifs is 3. The summed E-state index contributed by atoms with van der Waals surface area (Å²) in [6, 6.07) is 11.7. The fraction of sp³-hybridized carbons (Fsp3) is 0. The van der Waals surface area contributed by atoms with E-state index in [1.807, 2.05) is 0 Å². The molecule has 2 aromatic carbocycles. The number of aromatic nitrogens is 1. The Morgan fingerprint density at radius 2 is 1.69 bits per heavy atom. The van der Waals surface area contributed by atoms with Crippen molar-refractivity contribution in [1.82, 2.24) is 4.98 Å². The van der Waals surface area contributed by atoms with Gasteiger partial charge in [0, 0.05) is 10.8 Å². The van der Waals surface area contributed by atoms with Crippen molar-refractivity contribution in [2.75, 3.05) is 0 Å². The van der Waals surface area contributed by atoms with Gasteiger partial charge in [-0.15, -0.1) is 0 Å². The summed E-state index contributed by atoms with van der Waals surface area (Å²) in [6.45, 7) is 0. The lowest BCUT2D eigenvalue weighted by molar-refractivity contribution is 0.640. The molecule has 1 heterocycles. The zero-order chi connectivity index (χ0) is 11.1. The topological polar surface area (TPSA) is 32.9 Å². The lowest BCUT2D eigenvalue weighted by Gasteiger charge is -2.03. The van der Waals surface area contributed by atoms with E-state index in [0.717, 1.165) is 0 Å². The molecule has 16 heavy (non-hydrogen) atoms. The quantitative estimate of drug-likeness (QED) is 0.572. The monoisotopic (exact) mass is 213 g/mol. The smallest absolute Gasteiger partial charge is 0.256 e. The highest BCUT2D eigenvalue weighted by molar-refractivity contribution is 6.05. The molecule has 0 saturated heterocycles. The van der Waals surface area contributed by atoms with Crippen LogP contribution in [0.25, 0.3) is 21.7 Å². The molecule has 3 heteroatoms. The van der Waals surface area contributed by atoms with Crippen LogP contribution in [0.4, 0.5) is 4.39 Å². The van der Waals surface area contributed by atoms with Crippen molar-refractivity contribution in [3.63, 3.8) is 0 Å². The van der Waals surface area contributed by atoms with Crippen molar-refractivity contribution >= 4 is 21.7 Å². The lowest BCUT2D eigenvalue weighted by Crippen LogP contribution is -2.06. The first-order valence-electron chi connectivity index (χ1n) is 4.96. The van der Waals surface area contributed by atoms with E-state index in [1.165, 1.54) is 6.07 Å². The Hall–Kier alpha value is -2.16. The van der Waals surface area contributed by atoms with Gasteiger partial charge in [-0.25, -0.2) is 4.39 Å². The Morgan fingerprint density at radius 3 is 2.50 bits per heavy atom. The second kappa shape index (κ2) is 3.17. The van der Waals surface area contributed by atoms with Crippen molar-refractivity contribution in [3.05, 3.63) is 58.6 Å². The number of benzene rings is 2. The number of hydrogen-bond acceptors (Lipinski definition) is 1. The van der Waals surface area contributed by atoms with Crippen LogP contribution in [0.2, 0.25) is 0 Å². The van der Waals surface area contributed by atoms with Crippen LogP contribution in [0.3, 0.4) is 0 Å². The van der Waals surface area contributed by atoms with Gasteiger partial charge in [0.05, 0.1) is 5.52 Å². The maximum Gasteiger partial charge on any atom is 0.256 e. The van der Waals surface area contributed by atoms with E-state index in [1.54, 1.807) is 36.4 Å². The summed E-state index contributed by atoms with van der Waals surface area (Å²) in [7, 11) is 0. The van der Waals surface area contributed by atoms with Gasteiger partial charge in [0.15, 0.2) is 0 Å². The molecule has 0 aliphatic rings. The minimum atomic E-state index is -0.315. The third-order valence-electron chi connectivity index (χ3n) is 2.70. The molecule has 0 unspecified atom stereocenters. The van der Waals surface area contributed by atoms with E-state index in [4.69, 9.17) is 0 Å². The number of nitrogens with one attached hydrogen (secondary N) is 1. The largest absolute Gasteiger partial charge is 0.321 e. The van der Waals surface area contributed by atoms with Gasteiger partial charge >= 0.3 is 0 Å². The molecule has 0 spiro atoms. The molecule has 0 amide bonds. The normalized spacial score (nSPS) is 11.1. The Bertz CT molecular complexity index is 746. The molecule has 0 fully saturated rings. The molecule has 1 N–H and O–H groups in total. The maximum atomic E-state index is 13.7. The first-order valence-corrected chi connectivity index (χ1v) is 4.96. The van der Waals surface area contributed by atoms with Crippen LogP contribution in [0.5, 0.6) is 0 Å². The number of hydrogen-bond donors (Lipinski definition) is 1. The highest BCUT2D eigenvalue weighted by Gasteiger charge is 2.07. The molecule has 0 radical (unpaired) electrons. The molecule has 3 aromatic rings. The predicted octanol–water partition coefficient (Wildman–Crippen LogP) is 2.82. The Balaban J connectivity index is 2.72. The van der Waals surface area contributed by atoms with Crippen LogP contribution in [0.1, 0.15) is 0 Å². The van der Waals surface area contributed by atoms with Gasteiger partial charge in [0.25, 0.3) is 5.56 Å². The van der Waals surface area contributed by atoms with E-state index in [0.29, 0.717) is 21.7 Å². The van der Waals surface area contributed by atoms with Crippen LogP contribution >= 0.6 is 0 Å². The van der Waals surface area contributed by atoms with Gasteiger partial charge in [-0.2, -0.15) is 0 Å². The minimum Gasteiger partial charge on any atom is -0.321 e. The van der Waals surface area contributed by atoms with Crippen LogP contribution in [-0.4, -0.2) is 4.98 Å². The SMILES string of the molecule is O=c1[nH]c2cccc(F)c2c2ccccc12. The summed E-state index contributed by atoms with van der Waals surface area (Å²) >= 11 is 0. The van der Waals surface area contributed by atoms with Crippen LogP contribution in [-0.2, 0) is 0 Å². The number of H-pyrrole nitrogens is 1. The van der Waals surface area contributed by atoms with Gasteiger partial charge in [0.1, 0.15) is 5.82 Å². The Kier molecular flexibility index (Phi) is 1.80. The predicted molar refractivity (Wildman–Crippen MR) is 62.0 cm³/mol. The molecule has 0 saturated carbocycles.